The van der Waals surface area contributed by atoms with E-state index < -0.39 is 0 Å². The lowest BCUT2D eigenvalue weighted by Crippen LogP contribution is -2.39. The topological polar surface area (TPSA) is 69.0 Å². The first-order valence-electron chi connectivity index (χ1n) is 11.3. The van der Waals surface area contributed by atoms with E-state index in [-0.39, 0.29) is 11.8 Å². The second-order valence-corrected chi connectivity index (χ2v) is 8.79. The highest BCUT2D eigenvalue weighted by Crippen LogP contribution is 2.31. The fraction of sp³-hybridized carbons (Fsp3) is 0.269. The van der Waals surface area contributed by atoms with E-state index in [1.54, 1.807) is 25.3 Å². The van der Waals surface area contributed by atoms with Gasteiger partial charge in [-0.15, -0.1) is 10.2 Å². The number of fused-ring (bicyclic) bond motifs is 1. The Morgan fingerprint density at radius 3 is 2.76 bits per heavy atom. The minimum atomic E-state index is -0.0268. The fourth-order valence-corrected chi connectivity index (χ4v) is 4.48. The van der Waals surface area contributed by atoms with Crippen LogP contribution in [0.1, 0.15) is 40.5 Å². The summed E-state index contributed by atoms with van der Waals surface area (Å²) < 4.78 is 13.5. The molecule has 1 aliphatic rings. The number of carbonyl (C=O) groups excluding carboxylic acids is 1. The number of pyridine rings is 1. The van der Waals surface area contributed by atoms with Crippen molar-refractivity contribution in [1.29, 1.82) is 0 Å². The Morgan fingerprint density at radius 1 is 1.09 bits per heavy atom. The maximum absolute atomic E-state index is 13.3. The van der Waals surface area contributed by atoms with E-state index in [9.17, 15) is 4.79 Å². The van der Waals surface area contributed by atoms with Crippen LogP contribution < -0.4 is 9.47 Å². The molecular weight excluding hydrogens is 452 g/mol. The van der Waals surface area contributed by atoms with Crippen LogP contribution in [0.4, 0.5) is 0 Å². The molecule has 5 rings (SSSR count). The average molecular weight is 477 g/mol. The molecule has 1 unspecified atom stereocenters. The van der Waals surface area contributed by atoms with Crippen molar-refractivity contribution >= 4 is 23.2 Å². The van der Waals surface area contributed by atoms with Gasteiger partial charge in [0.2, 0.25) is 0 Å². The summed E-state index contributed by atoms with van der Waals surface area (Å²) in [4.78, 5) is 15.2. The van der Waals surface area contributed by atoms with Gasteiger partial charge in [-0.05, 0) is 60.9 Å². The van der Waals surface area contributed by atoms with Crippen LogP contribution in [0.5, 0.6) is 11.5 Å². The highest BCUT2D eigenvalue weighted by Gasteiger charge is 2.29. The molecule has 4 aromatic rings. The van der Waals surface area contributed by atoms with Crippen LogP contribution >= 0.6 is 11.6 Å². The van der Waals surface area contributed by atoms with Crippen LogP contribution in [0.25, 0.3) is 5.65 Å². The van der Waals surface area contributed by atoms with Crippen LogP contribution in [0.2, 0.25) is 5.02 Å². The van der Waals surface area contributed by atoms with Crippen molar-refractivity contribution < 1.29 is 14.3 Å². The molecule has 34 heavy (non-hydrogen) atoms. The first-order chi connectivity index (χ1) is 16.6. The van der Waals surface area contributed by atoms with Crippen molar-refractivity contribution in [2.75, 3.05) is 20.2 Å². The first-order valence-corrected chi connectivity index (χ1v) is 11.6. The van der Waals surface area contributed by atoms with Gasteiger partial charge >= 0.3 is 0 Å². The van der Waals surface area contributed by atoms with E-state index in [0.717, 1.165) is 29.9 Å². The van der Waals surface area contributed by atoms with Gasteiger partial charge in [0.1, 0.15) is 12.4 Å². The SMILES string of the molecule is COc1cc(C(=O)N2CCCC(c3nnc4ccccn34)C2)ccc1OCc1ccc(Cl)cc1. The van der Waals surface area contributed by atoms with Gasteiger partial charge in [-0.25, -0.2) is 0 Å². The smallest absolute Gasteiger partial charge is 0.254 e. The van der Waals surface area contributed by atoms with Gasteiger partial charge in [0.25, 0.3) is 5.91 Å². The predicted molar refractivity (Wildman–Crippen MR) is 130 cm³/mol. The maximum atomic E-state index is 13.3. The van der Waals surface area contributed by atoms with Gasteiger partial charge in [0, 0.05) is 35.8 Å². The molecule has 0 spiro atoms. The standard InChI is InChI=1S/C26H25ClN4O3/c1-33-23-15-19(9-12-22(23)34-17-18-7-10-21(27)11-8-18)26(32)30-13-4-5-20(16-30)25-29-28-24-6-2-3-14-31(24)25/h2-3,6-12,14-15,20H,4-5,13,16-17H2,1H3. The van der Waals surface area contributed by atoms with Gasteiger partial charge in [0.15, 0.2) is 17.1 Å². The van der Waals surface area contributed by atoms with Crippen molar-refractivity contribution in [2.24, 2.45) is 0 Å². The Morgan fingerprint density at radius 2 is 1.94 bits per heavy atom. The fourth-order valence-electron chi connectivity index (χ4n) is 4.35. The molecule has 7 nitrogen and oxygen atoms in total. The number of ether oxygens (including phenoxy) is 2. The number of piperidine rings is 1. The van der Waals surface area contributed by atoms with E-state index in [1.165, 1.54) is 0 Å². The Kier molecular flexibility index (Phi) is 6.36. The third-order valence-electron chi connectivity index (χ3n) is 6.13. The zero-order chi connectivity index (χ0) is 23.5. The van der Waals surface area contributed by atoms with Gasteiger partial charge in [-0.1, -0.05) is 29.8 Å². The molecule has 0 aliphatic carbocycles. The monoisotopic (exact) mass is 476 g/mol. The Hall–Kier alpha value is -3.58. The van der Waals surface area contributed by atoms with Crippen LogP contribution in [-0.4, -0.2) is 45.6 Å². The summed E-state index contributed by atoms with van der Waals surface area (Å²) in [5.74, 6) is 2.12. The maximum Gasteiger partial charge on any atom is 0.254 e. The number of nitrogens with zero attached hydrogens (tertiary/aromatic N) is 4. The minimum absolute atomic E-state index is 0.0268. The molecule has 8 heteroatoms. The Bertz CT molecular complexity index is 1310. The molecular formula is C26H25ClN4O3. The number of likely N-dealkylation sites (tertiary alicyclic amines) is 1. The Labute approximate surface area is 202 Å². The molecule has 2 aromatic heterocycles. The summed E-state index contributed by atoms with van der Waals surface area (Å²) in [7, 11) is 1.58. The summed E-state index contributed by atoms with van der Waals surface area (Å²) in [6, 6.07) is 18.7. The molecule has 0 radical (unpaired) electrons. The van der Waals surface area contributed by atoms with E-state index in [4.69, 9.17) is 21.1 Å². The van der Waals surface area contributed by atoms with Gasteiger partial charge in [0.05, 0.1) is 7.11 Å². The molecule has 2 aromatic carbocycles. The van der Waals surface area contributed by atoms with Crippen molar-refractivity contribution in [3.8, 4) is 11.5 Å². The molecule has 1 saturated heterocycles. The molecule has 174 valence electrons. The number of carbonyl (C=O) groups is 1. The number of methoxy groups -OCH3 is 1. The third-order valence-corrected chi connectivity index (χ3v) is 6.38. The summed E-state index contributed by atoms with van der Waals surface area (Å²) in [6.45, 7) is 1.69. The molecule has 1 fully saturated rings. The lowest BCUT2D eigenvalue weighted by molar-refractivity contribution is 0.0703. The van der Waals surface area contributed by atoms with Crippen LogP contribution in [0.3, 0.4) is 0 Å². The van der Waals surface area contributed by atoms with E-state index in [2.05, 4.69) is 10.2 Å². The number of halogens is 1. The van der Waals surface area contributed by atoms with E-state index >= 15 is 0 Å². The third kappa shape index (κ3) is 4.56. The number of rotatable bonds is 6. The molecule has 1 aliphatic heterocycles. The number of hydrogen-bond acceptors (Lipinski definition) is 5. The zero-order valence-electron chi connectivity index (χ0n) is 18.9. The van der Waals surface area contributed by atoms with E-state index in [0.29, 0.717) is 41.8 Å². The number of amides is 1. The number of hydrogen-bond donors (Lipinski definition) is 0. The summed E-state index contributed by atoms with van der Waals surface area (Å²) in [5, 5.41) is 9.36. The molecule has 1 atom stereocenters. The predicted octanol–water partition coefficient (Wildman–Crippen LogP) is 4.99. The van der Waals surface area contributed by atoms with Crippen molar-refractivity contribution in [2.45, 2.75) is 25.4 Å². The molecule has 0 N–H and O–H groups in total. The first kappa shape index (κ1) is 22.2. The van der Waals surface area contributed by atoms with Crippen LogP contribution in [-0.2, 0) is 6.61 Å². The molecule has 0 bridgehead atoms. The lowest BCUT2D eigenvalue weighted by atomic mass is 9.96. The minimum Gasteiger partial charge on any atom is -0.493 e. The van der Waals surface area contributed by atoms with E-state index in [1.807, 2.05) is 58.0 Å². The van der Waals surface area contributed by atoms with Gasteiger partial charge in [-0.2, -0.15) is 0 Å². The summed E-state index contributed by atoms with van der Waals surface area (Å²) in [6.07, 6.45) is 3.86. The second kappa shape index (κ2) is 9.73. The largest absolute Gasteiger partial charge is 0.493 e. The van der Waals surface area contributed by atoms with Crippen LogP contribution in [0, 0.1) is 0 Å². The van der Waals surface area contributed by atoms with Crippen LogP contribution in [0.15, 0.2) is 66.9 Å². The van der Waals surface area contributed by atoms with Crippen molar-refractivity contribution in [3.05, 3.63) is 88.8 Å². The average Bonchev–Trinajstić information content (AvgIpc) is 3.32. The van der Waals surface area contributed by atoms with Crippen molar-refractivity contribution in [3.63, 3.8) is 0 Å². The number of benzene rings is 2. The molecule has 0 saturated carbocycles. The highest BCUT2D eigenvalue weighted by molar-refractivity contribution is 6.30. The van der Waals surface area contributed by atoms with Gasteiger partial charge < -0.3 is 14.4 Å². The highest BCUT2D eigenvalue weighted by atomic mass is 35.5. The molecule has 1 amide bonds. The Balaban J connectivity index is 1.30. The number of aromatic nitrogens is 3. The second-order valence-electron chi connectivity index (χ2n) is 8.36. The molecule has 3 heterocycles. The van der Waals surface area contributed by atoms with Crippen molar-refractivity contribution in [1.82, 2.24) is 19.5 Å². The summed E-state index contributed by atoms with van der Waals surface area (Å²) >= 11 is 5.95. The summed E-state index contributed by atoms with van der Waals surface area (Å²) in [5.41, 5.74) is 2.38. The normalized spacial score (nSPS) is 15.9. The zero-order valence-corrected chi connectivity index (χ0v) is 19.6. The quantitative estimate of drug-likeness (QED) is 0.392. The van der Waals surface area contributed by atoms with Gasteiger partial charge in [-0.3, -0.25) is 9.20 Å². The lowest BCUT2D eigenvalue weighted by Gasteiger charge is -2.32.